The molecular formula is C21H22F3N5O. The summed E-state index contributed by atoms with van der Waals surface area (Å²) in [5.41, 5.74) is 3.25. The highest BCUT2D eigenvalue weighted by molar-refractivity contribution is 5.90. The van der Waals surface area contributed by atoms with Gasteiger partial charge in [0.2, 0.25) is 5.82 Å². The molecule has 0 bridgehead atoms. The molecule has 2 amide bonds. The van der Waals surface area contributed by atoms with E-state index in [0.717, 1.165) is 16.8 Å². The monoisotopic (exact) mass is 417 g/mol. The van der Waals surface area contributed by atoms with Gasteiger partial charge < -0.3 is 14.8 Å². The smallest absolute Gasteiger partial charge is 0.324 e. The summed E-state index contributed by atoms with van der Waals surface area (Å²) < 4.78 is 41.9. The van der Waals surface area contributed by atoms with E-state index in [1.807, 2.05) is 32.0 Å². The van der Waals surface area contributed by atoms with Crippen LogP contribution in [0.3, 0.4) is 0 Å². The van der Waals surface area contributed by atoms with Crippen LogP contribution in [-0.2, 0) is 6.18 Å². The summed E-state index contributed by atoms with van der Waals surface area (Å²) in [6.07, 6.45) is -2.32. The summed E-state index contributed by atoms with van der Waals surface area (Å²) in [5, 5.41) is 2.90. The molecule has 6 nitrogen and oxygen atoms in total. The minimum absolute atomic E-state index is 0.222. The zero-order valence-corrected chi connectivity index (χ0v) is 16.7. The molecule has 158 valence electrons. The number of carbonyl (C=O) groups is 1. The van der Waals surface area contributed by atoms with Gasteiger partial charge in [-0.15, -0.1) is 0 Å². The fourth-order valence-corrected chi connectivity index (χ4v) is 3.95. The van der Waals surface area contributed by atoms with Gasteiger partial charge in [-0.25, -0.2) is 14.8 Å². The van der Waals surface area contributed by atoms with Crippen LogP contribution in [0.4, 0.5) is 23.7 Å². The summed E-state index contributed by atoms with van der Waals surface area (Å²) >= 11 is 0. The number of alkyl halides is 3. The number of likely N-dealkylation sites (tertiary alicyclic amines) is 1. The molecule has 9 heteroatoms. The Morgan fingerprint density at radius 1 is 1.17 bits per heavy atom. The van der Waals surface area contributed by atoms with Crippen molar-refractivity contribution in [2.75, 3.05) is 18.4 Å². The van der Waals surface area contributed by atoms with Crippen LogP contribution in [0.5, 0.6) is 0 Å². The van der Waals surface area contributed by atoms with Crippen molar-refractivity contribution in [2.24, 2.45) is 0 Å². The van der Waals surface area contributed by atoms with Gasteiger partial charge in [-0.1, -0.05) is 17.7 Å². The standard InChI is InChI=1S/C21H22F3N5O/c1-13-5-6-16(14(2)12-13)27-20(30)28-10-7-15(8-11-28)29-18-17(4-3-9-25-18)26-19(29)21(22,23)24/h3-6,9,12,15H,7-8,10-11H2,1-2H3,(H,27,30). The number of benzene rings is 1. The van der Waals surface area contributed by atoms with Crippen LogP contribution in [0.1, 0.15) is 35.8 Å². The fraction of sp³-hybridized carbons (Fsp3) is 0.381. The number of aryl methyl sites for hydroxylation is 2. The van der Waals surface area contributed by atoms with Crippen molar-refractivity contribution >= 4 is 22.9 Å². The zero-order chi connectivity index (χ0) is 21.5. The van der Waals surface area contributed by atoms with E-state index in [1.54, 1.807) is 11.0 Å². The number of amides is 2. The number of urea groups is 1. The van der Waals surface area contributed by atoms with E-state index < -0.39 is 18.0 Å². The molecule has 1 aromatic carbocycles. The first-order valence-corrected chi connectivity index (χ1v) is 9.77. The minimum Gasteiger partial charge on any atom is -0.324 e. The lowest BCUT2D eigenvalue weighted by Gasteiger charge is -2.33. The summed E-state index contributed by atoms with van der Waals surface area (Å²) in [7, 11) is 0. The Balaban J connectivity index is 1.50. The van der Waals surface area contributed by atoms with Crippen LogP contribution in [0.25, 0.3) is 11.2 Å². The molecule has 0 atom stereocenters. The Morgan fingerprint density at radius 2 is 1.90 bits per heavy atom. The van der Waals surface area contributed by atoms with Gasteiger partial charge in [0.15, 0.2) is 5.65 Å². The molecule has 0 unspecified atom stereocenters. The van der Waals surface area contributed by atoms with Crippen LogP contribution in [0.2, 0.25) is 0 Å². The first-order valence-electron chi connectivity index (χ1n) is 9.77. The molecule has 3 aromatic rings. The van der Waals surface area contributed by atoms with Gasteiger partial charge in [0.1, 0.15) is 5.52 Å². The third kappa shape index (κ3) is 3.83. The molecular weight excluding hydrogens is 395 g/mol. The predicted octanol–water partition coefficient (Wildman–Crippen LogP) is 4.94. The number of hydrogen-bond donors (Lipinski definition) is 1. The molecule has 0 aliphatic carbocycles. The molecule has 0 radical (unpaired) electrons. The average molecular weight is 417 g/mol. The number of hydrogen-bond acceptors (Lipinski definition) is 3. The number of nitrogens with one attached hydrogen (secondary N) is 1. The Hall–Kier alpha value is -3.10. The molecule has 1 fully saturated rings. The predicted molar refractivity (Wildman–Crippen MR) is 107 cm³/mol. The van der Waals surface area contributed by atoms with Crippen molar-refractivity contribution in [3.63, 3.8) is 0 Å². The third-order valence-electron chi connectivity index (χ3n) is 5.44. The van der Waals surface area contributed by atoms with Gasteiger partial charge in [0, 0.05) is 31.0 Å². The van der Waals surface area contributed by atoms with E-state index in [2.05, 4.69) is 15.3 Å². The molecule has 1 aliphatic heterocycles. The number of halogens is 3. The lowest BCUT2D eigenvalue weighted by atomic mass is 10.0. The molecule has 4 rings (SSSR count). The molecule has 1 aliphatic rings. The largest absolute Gasteiger partial charge is 0.449 e. The van der Waals surface area contributed by atoms with Gasteiger partial charge in [-0.05, 0) is 50.5 Å². The van der Waals surface area contributed by atoms with Crippen LogP contribution in [-0.4, -0.2) is 38.6 Å². The lowest BCUT2D eigenvalue weighted by Crippen LogP contribution is -2.42. The Morgan fingerprint density at radius 3 is 2.57 bits per heavy atom. The maximum Gasteiger partial charge on any atom is 0.449 e. The summed E-state index contributed by atoms with van der Waals surface area (Å²) in [6.45, 7) is 4.61. The van der Waals surface area contributed by atoms with Crippen molar-refractivity contribution < 1.29 is 18.0 Å². The van der Waals surface area contributed by atoms with Crippen LogP contribution >= 0.6 is 0 Å². The van der Waals surface area contributed by atoms with Crippen molar-refractivity contribution in [2.45, 2.75) is 38.9 Å². The van der Waals surface area contributed by atoms with E-state index in [-0.39, 0.29) is 17.2 Å². The lowest BCUT2D eigenvalue weighted by molar-refractivity contribution is -0.147. The van der Waals surface area contributed by atoms with Gasteiger partial charge >= 0.3 is 12.2 Å². The van der Waals surface area contributed by atoms with Crippen molar-refractivity contribution in [3.05, 3.63) is 53.5 Å². The molecule has 1 saturated heterocycles. The Kier molecular flexibility index (Phi) is 5.13. The van der Waals surface area contributed by atoms with Crippen LogP contribution in [0.15, 0.2) is 36.5 Å². The van der Waals surface area contributed by atoms with Gasteiger partial charge in [-0.2, -0.15) is 13.2 Å². The maximum absolute atomic E-state index is 13.6. The number of carbonyl (C=O) groups excluding carboxylic acids is 1. The van der Waals surface area contributed by atoms with E-state index in [0.29, 0.717) is 25.9 Å². The quantitative estimate of drug-likeness (QED) is 0.643. The molecule has 0 spiro atoms. The number of anilines is 1. The van der Waals surface area contributed by atoms with E-state index in [4.69, 9.17) is 0 Å². The summed E-state index contributed by atoms with van der Waals surface area (Å²) in [5.74, 6) is -0.936. The number of imidazole rings is 1. The van der Waals surface area contributed by atoms with Gasteiger partial charge in [0.25, 0.3) is 0 Å². The third-order valence-corrected chi connectivity index (χ3v) is 5.44. The number of piperidine rings is 1. The number of fused-ring (bicyclic) bond motifs is 1. The first-order chi connectivity index (χ1) is 14.2. The minimum atomic E-state index is -4.57. The second-order valence-electron chi connectivity index (χ2n) is 7.62. The van der Waals surface area contributed by atoms with Gasteiger partial charge in [0.05, 0.1) is 0 Å². The molecule has 3 heterocycles. The van der Waals surface area contributed by atoms with Crippen molar-refractivity contribution in [3.8, 4) is 0 Å². The topological polar surface area (TPSA) is 63.1 Å². The zero-order valence-electron chi connectivity index (χ0n) is 16.7. The molecule has 30 heavy (non-hydrogen) atoms. The number of nitrogens with zero attached hydrogens (tertiary/aromatic N) is 4. The Bertz CT molecular complexity index is 1080. The van der Waals surface area contributed by atoms with Crippen LogP contribution < -0.4 is 5.32 Å². The number of aromatic nitrogens is 3. The number of rotatable bonds is 2. The highest BCUT2D eigenvalue weighted by atomic mass is 19.4. The highest BCUT2D eigenvalue weighted by Crippen LogP contribution is 2.36. The normalized spacial score (nSPS) is 15.6. The molecule has 1 N–H and O–H groups in total. The van der Waals surface area contributed by atoms with E-state index in [9.17, 15) is 18.0 Å². The van der Waals surface area contributed by atoms with Crippen LogP contribution in [0, 0.1) is 13.8 Å². The van der Waals surface area contributed by atoms with Crippen molar-refractivity contribution in [1.29, 1.82) is 0 Å². The molecule has 0 saturated carbocycles. The Labute approximate surface area is 171 Å². The van der Waals surface area contributed by atoms with Crippen molar-refractivity contribution in [1.82, 2.24) is 19.4 Å². The summed E-state index contributed by atoms with van der Waals surface area (Å²) in [4.78, 5) is 22.2. The second kappa shape index (κ2) is 7.62. The highest BCUT2D eigenvalue weighted by Gasteiger charge is 2.40. The van der Waals surface area contributed by atoms with E-state index in [1.165, 1.54) is 16.8 Å². The number of pyridine rings is 1. The summed E-state index contributed by atoms with van der Waals surface area (Å²) in [6, 6.07) is 8.19. The molecule has 2 aromatic heterocycles. The first kappa shape index (κ1) is 20.2. The second-order valence-corrected chi connectivity index (χ2v) is 7.62. The average Bonchev–Trinajstić information content (AvgIpc) is 3.10. The van der Waals surface area contributed by atoms with E-state index >= 15 is 0 Å². The SMILES string of the molecule is Cc1ccc(NC(=O)N2CCC(n3c(C(F)(F)F)nc4cccnc43)CC2)c(C)c1. The maximum atomic E-state index is 13.6. The fourth-order valence-electron chi connectivity index (χ4n) is 3.95. The van der Waals surface area contributed by atoms with Gasteiger partial charge in [-0.3, -0.25) is 0 Å².